The Morgan fingerprint density at radius 3 is 2.79 bits per heavy atom. The molecule has 1 unspecified atom stereocenters. The van der Waals surface area contributed by atoms with E-state index in [1.165, 1.54) is 0 Å². The molecular weight excluding hydrogens is 264 g/mol. The van der Waals surface area contributed by atoms with Crippen LogP contribution in [0.25, 0.3) is 0 Å². The number of aromatic nitrogens is 1. The van der Waals surface area contributed by atoms with E-state index < -0.39 is 6.10 Å². The van der Waals surface area contributed by atoms with Gasteiger partial charge in [0.15, 0.2) is 0 Å². The molecule has 0 spiro atoms. The van der Waals surface area contributed by atoms with Gasteiger partial charge in [0, 0.05) is 37.4 Å². The van der Waals surface area contributed by atoms with Gasteiger partial charge in [0.05, 0.1) is 24.3 Å². The maximum atomic E-state index is 10.5. The Balaban J connectivity index is 2.05. The number of hydrogen-bond donors (Lipinski definition) is 1. The van der Waals surface area contributed by atoms with E-state index in [0.29, 0.717) is 11.4 Å². The van der Waals surface area contributed by atoms with Crippen LogP contribution in [0.5, 0.6) is 0 Å². The molecular formula is C14H21ClN2O2. The fraction of sp³-hybridized carbons (Fsp3) is 0.643. The monoisotopic (exact) mass is 284 g/mol. The lowest BCUT2D eigenvalue weighted by molar-refractivity contribution is -0.0612. The zero-order chi connectivity index (χ0) is 13.9. The van der Waals surface area contributed by atoms with Crippen LogP contribution >= 0.6 is 11.6 Å². The van der Waals surface area contributed by atoms with Crippen LogP contribution in [0.1, 0.15) is 19.4 Å². The number of morpholine rings is 1. The summed E-state index contributed by atoms with van der Waals surface area (Å²) in [6.45, 7) is 7.30. The first kappa shape index (κ1) is 14.7. The minimum Gasteiger partial charge on any atom is -0.391 e. The van der Waals surface area contributed by atoms with Gasteiger partial charge in [-0.1, -0.05) is 11.6 Å². The van der Waals surface area contributed by atoms with Gasteiger partial charge in [-0.05, 0) is 25.5 Å². The summed E-state index contributed by atoms with van der Waals surface area (Å²) >= 11 is 6.10. The minimum absolute atomic E-state index is 0.295. The van der Waals surface area contributed by atoms with E-state index in [1.54, 1.807) is 12.4 Å². The van der Waals surface area contributed by atoms with Crippen molar-refractivity contribution in [1.29, 1.82) is 0 Å². The van der Waals surface area contributed by atoms with Crippen LogP contribution in [0.4, 0.5) is 0 Å². The molecule has 0 aromatic carbocycles. The number of halogens is 1. The fourth-order valence-corrected chi connectivity index (χ4v) is 2.57. The summed E-state index contributed by atoms with van der Waals surface area (Å²) in [4.78, 5) is 6.24. The number of ether oxygens (including phenoxy) is 1. The van der Waals surface area contributed by atoms with Crippen LogP contribution in [0.2, 0.25) is 5.02 Å². The minimum atomic E-state index is -0.481. The highest BCUT2D eigenvalue weighted by Gasteiger charge is 2.35. The molecule has 2 rings (SSSR count). The molecule has 5 heteroatoms. The highest BCUT2D eigenvalue weighted by molar-refractivity contribution is 6.31. The molecule has 0 radical (unpaired) electrons. The molecule has 1 aliphatic rings. The lowest BCUT2D eigenvalue weighted by Gasteiger charge is -2.43. The number of hydrogen-bond acceptors (Lipinski definition) is 4. The van der Waals surface area contributed by atoms with Crippen molar-refractivity contribution in [2.24, 2.45) is 0 Å². The van der Waals surface area contributed by atoms with E-state index in [-0.39, 0.29) is 5.54 Å². The van der Waals surface area contributed by atoms with Crippen LogP contribution in [-0.2, 0) is 11.2 Å². The van der Waals surface area contributed by atoms with Crippen LogP contribution < -0.4 is 0 Å². The predicted molar refractivity (Wildman–Crippen MR) is 75.4 cm³/mol. The molecule has 1 N–H and O–H groups in total. The Labute approximate surface area is 119 Å². The second-order valence-electron chi connectivity index (χ2n) is 5.44. The van der Waals surface area contributed by atoms with Gasteiger partial charge in [0.25, 0.3) is 0 Å². The average Bonchev–Trinajstić information content (AvgIpc) is 2.42. The normalized spacial score (nSPS) is 19.4. The van der Waals surface area contributed by atoms with Crippen molar-refractivity contribution < 1.29 is 9.84 Å². The summed E-state index contributed by atoms with van der Waals surface area (Å²) in [6, 6.07) is 1.86. The molecule has 4 nitrogen and oxygen atoms in total. The molecule has 1 fully saturated rings. The van der Waals surface area contributed by atoms with Gasteiger partial charge in [0.1, 0.15) is 0 Å². The Morgan fingerprint density at radius 2 is 2.16 bits per heavy atom. The first-order valence-electron chi connectivity index (χ1n) is 6.61. The summed E-state index contributed by atoms with van der Waals surface area (Å²) < 4.78 is 5.36. The lowest BCUT2D eigenvalue weighted by Crippen LogP contribution is -2.56. The standard InChI is InChI=1S/C14H21ClN2O2/c1-14(2,17-5-7-19-8-6-17)13(18)9-11-3-4-16-10-12(11)15/h3-4,10,13,18H,5-9H2,1-2H3. The molecule has 0 amide bonds. The molecule has 1 atom stereocenters. The Kier molecular flexibility index (Phi) is 4.79. The van der Waals surface area contributed by atoms with E-state index >= 15 is 0 Å². The van der Waals surface area contributed by atoms with E-state index in [4.69, 9.17) is 16.3 Å². The van der Waals surface area contributed by atoms with Crippen molar-refractivity contribution in [1.82, 2.24) is 9.88 Å². The SMILES string of the molecule is CC(C)(C(O)Cc1ccncc1Cl)N1CCOCC1. The van der Waals surface area contributed by atoms with Gasteiger partial charge in [-0.3, -0.25) is 9.88 Å². The highest BCUT2D eigenvalue weighted by Crippen LogP contribution is 2.25. The quantitative estimate of drug-likeness (QED) is 0.915. The van der Waals surface area contributed by atoms with Gasteiger partial charge < -0.3 is 9.84 Å². The van der Waals surface area contributed by atoms with E-state index in [2.05, 4.69) is 23.7 Å². The molecule has 106 valence electrons. The van der Waals surface area contributed by atoms with Gasteiger partial charge in [-0.25, -0.2) is 0 Å². The van der Waals surface area contributed by atoms with Crippen molar-refractivity contribution in [3.63, 3.8) is 0 Å². The third-order valence-corrected chi connectivity index (χ3v) is 4.25. The van der Waals surface area contributed by atoms with Gasteiger partial charge in [-0.15, -0.1) is 0 Å². The fourth-order valence-electron chi connectivity index (χ4n) is 2.38. The lowest BCUT2D eigenvalue weighted by atomic mass is 9.90. The van der Waals surface area contributed by atoms with Crippen LogP contribution in [0, 0.1) is 0 Å². The third kappa shape index (κ3) is 3.45. The van der Waals surface area contributed by atoms with E-state index in [9.17, 15) is 5.11 Å². The molecule has 0 bridgehead atoms. The number of nitrogens with zero attached hydrogens (tertiary/aromatic N) is 2. The predicted octanol–water partition coefficient (Wildman–Crippen LogP) is 1.75. The van der Waals surface area contributed by atoms with Gasteiger partial charge >= 0.3 is 0 Å². The molecule has 0 saturated carbocycles. The maximum absolute atomic E-state index is 10.5. The first-order chi connectivity index (χ1) is 9.01. The largest absolute Gasteiger partial charge is 0.391 e. The summed E-state index contributed by atoms with van der Waals surface area (Å²) in [6.07, 6.45) is 3.37. The number of rotatable bonds is 4. The maximum Gasteiger partial charge on any atom is 0.0759 e. The van der Waals surface area contributed by atoms with E-state index in [1.807, 2.05) is 6.07 Å². The topological polar surface area (TPSA) is 45.6 Å². The van der Waals surface area contributed by atoms with Crippen LogP contribution in [0.3, 0.4) is 0 Å². The molecule has 1 aliphatic heterocycles. The van der Waals surface area contributed by atoms with Gasteiger partial charge in [-0.2, -0.15) is 0 Å². The highest BCUT2D eigenvalue weighted by atomic mass is 35.5. The smallest absolute Gasteiger partial charge is 0.0759 e. The van der Waals surface area contributed by atoms with Crippen molar-refractivity contribution >= 4 is 11.6 Å². The molecule has 1 aromatic rings. The second kappa shape index (κ2) is 6.18. The van der Waals surface area contributed by atoms with Gasteiger partial charge in [0.2, 0.25) is 0 Å². The second-order valence-corrected chi connectivity index (χ2v) is 5.85. The van der Waals surface area contributed by atoms with Crippen LogP contribution in [-0.4, -0.2) is 52.9 Å². The summed E-state index contributed by atoms with van der Waals surface area (Å²) in [5.41, 5.74) is 0.640. The first-order valence-corrected chi connectivity index (χ1v) is 6.99. The molecule has 1 aromatic heterocycles. The zero-order valence-corrected chi connectivity index (χ0v) is 12.2. The Morgan fingerprint density at radius 1 is 1.47 bits per heavy atom. The van der Waals surface area contributed by atoms with Crippen molar-refractivity contribution in [2.45, 2.75) is 31.9 Å². The summed E-state index contributed by atoms with van der Waals surface area (Å²) in [5, 5.41) is 11.2. The summed E-state index contributed by atoms with van der Waals surface area (Å²) in [5.74, 6) is 0. The number of aliphatic hydroxyl groups is 1. The van der Waals surface area contributed by atoms with Crippen LogP contribution in [0.15, 0.2) is 18.5 Å². The number of aliphatic hydroxyl groups excluding tert-OH is 1. The summed E-state index contributed by atoms with van der Waals surface area (Å²) in [7, 11) is 0. The molecule has 0 aliphatic carbocycles. The third-order valence-electron chi connectivity index (χ3n) is 3.91. The van der Waals surface area contributed by atoms with Crippen molar-refractivity contribution in [2.75, 3.05) is 26.3 Å². The average molecular weight is 285 g/mol. The van der Waals surface area contributed by atoms with E-state index in [0.717, 1.165) is 31.9 Å². The molecule has 19 heavy (non-hydrogen) atoms. The molecule has 2 heterocycles. The Bertz CT molecular complexity index is 420. The number of pyridine rings is 1. The molecule has 1 saturated heterocycles. The Hall–Kier alpha value is -0.680. The van der Waals surface area contributed by atoms with Crippen molar-refractivity contribution in [3.8, 4) is 0 Å². The zero-order valence-electron chi connectivity index (χ0n) is 11.5. The van der Waals surface area contributed by atoms with Crippen molar-refractivity contribution in [3.05, 3.63) is 29.0 Å².